The van der Waals surface area contributed by atoms with E-state index in [2.05, 4.69) is 10.6 Å². The average Bonchev–Trinajstić information content (AvgIpc) is 3.53. The van der Waals surface area contributed by atoms with Crippen LogP contribution in [-0.4, -0.2) is 41.8 Å². The summed E-state index contributed by atoms with van der Waals surface area (Å²) < 4.78 is 5.63. The molecule has 4 rings (SSSR count). The van der Waals surface area contributed by atoms with Crippen LogP contribution in [0.2, 0.25) is 0 Å². The molecule has 0 radical (unpaired) electrons. The fourth-order valence-electron chi connectivity index (χ4n) is 3.93. The minimum atomic E-state index is -0.312. The van der Waals surface area contributed by atoms with Gasteiger partial charge in [-0.25, -0.2) is 0 Å². The Balaban J connectivity index is 1.33. The number of hydrogen-bond acceptors (Lipinski definition) is 5. The molecule has 3 amide bonds. The lowest BCUT2D eigenvalue weighted by Crippen LogP contribution is -2.39. The molecule has 168 valence electrons. The number of amides is 3. The summed E-state index contributed by atoms with van der Waals surface area (Å²) >= 11 is 0. The third-order valence-electron chi connectivity index (χ3n) is 5.78. The highest BCUT2D eigenvalue weighted by molar-refractivity contribution is 5.94. The van der Waals surface area contributed by atoms with Crippen LogP contribution in [0, 0.1) is 5.92 Å². The largest absolute Gasteiger partial charge is 0.484 e. The number of nitrogens with one attached hydrogen (secondary N) is 2. The summed E-state index contributed by atoms with van der Waals surface area (Å²) in [6.45, 7) is 1.17. The molecule has 1 aliphatic heterocycles. The first-order chi connectivity index (χ1) is 15.5. The maximum Gasteiger partial charge on any atom is 0.262 e. The van der Waals surface area contributed by atoms with E-state index >= 15 is 0 Å². The Morgan fingerprint density at radius 2 is 1.84 bits per heavy atom. The van der Waals surface area contributed by atoms with Gasteiger partial charge in [0.2, 0.25) is 11.8 Å². The van der Waals surface area contributed by atoms with Gasteiger partial charge in [0.1, 0.15) is 5.75 Å². The number of nitrogens with two attached hydrogens (primary N) is 1. The second kappa shape index (κ2) is 9.82. The molecule has 0 aromatic heterocycles. The van der Waals surface area contributed by atoms with E-state index in [1.54, 1.807) is 24.3 Å². The van der Waals surface area contributed by atoms with Gasteiger partial charge in [-0.15, -0.1) is 0 Å². The van der Waals surface area contributed by atoms with Crippen molar-refractivity contribution in [2.75, 3.05) is 23.8 Å². The third kappa shape index (κ3) is 5.64. The predicted octanol–water partition coefficient (Wildman–Crippen LogP) is 2.50. The maximum absolute atomic E-state index is 12.5. The van der Waals surface area contributed by atoms with Crippen LogP contribution in [0.5, 0.6) is 5.75 Å². The summed E-state index contributed by atoms with van der Waals surface area (Å²) in [5, 5.41) is 5.76. The first-order valence-electron chi connectivity index (χ1n) is 10.9. The summed E-state index contributed by atoms with van der Waals surface area (Å²) in [6.07, 6.45) is 3.56. The van der Waals surface area contributed by atoms with Crippen molar-refractivity contribution in [3.8, 4) is 5.75 Å². The van der Waals surface area contributed by atoms with Crippen molar-refractivity contribution in [1.29, 1.82) is 0 Å². The number of nitrogens with zero attached hydrogens (tertiary/aromatic N) is 1. The molecule has 2 aromatic carbocycles. The van der Waals surface area contributed by atoms with Crippen molar-refractivity contribution in [2.24, 2.45) is 11.7 Å². The lowest BCUT2D eigenvalue weighted by atomic mass is 10.1. The molecule has 1 saturated heterocycles. The van der Waals surface area contributed by atoms with E-state index in [1.807, 2.05) is 29.2 Å². The van der Waals surface area contributed by atoms with Crippen molar-refractivity contribution >= 4 is 29.1 Å². The first-order valence-corrected chi connectivity index (χ1v) is 10.9. The van der Waals surface area contributed by atoms with Gasteiger partial charge in [-0.05, 0) is 56.0 Å². The van der Waals surface area contributed by atoms with Crippen LogP contribution in [0.25, 0.3) is 0 Å². The highest BCUT2D eigenvalue weighted by Crippen LogP contribution is 2.30. The van der Waals surface area contributed by atoms with Crippen LogP contribution < -0.4 is 21.1 Å². The number of primary amides is 1. The van der Waals surface area contributed by atoms with Gasteiger partial charge in [-0.1, -0.05) is 24.3 Å². The Bertz CT molecular complexity index is 1000. The molecule has 0 spiro atoms. The third-order valence-corrected chi connectivity index (χ3v) is 5.78. The Kier molecular flexibility index (Phi) is 6.70. The molecule has 1 aliphatic carbocycles. The summed E-state index contributed by atoms with van der Waals surface area (Å²) in [7, 11) is 0. The quantitative estimate of drug-likeness (QED) is 0.559. The zero-order valence-corrected chi connectivity index (χ0v) is 17.9. The molecule has 1 unspecified atom stereocenters. The number of carbonyl (C=O) groups excluding carboxylic acids is 3. The molecule has 8 heteroatoms. The molecule has 2 aliphatic rings. The minimum Gasteiger partial charge on any atom is -0.484 e. The van der Waals surface area contributed by atoms with E-state index in [0.29, 0.717) is 23.7 Å². The van der Waals surface area contributed by atoms with Gasteiger partial charge in [0, 0.05) is 29.9 Å². The number of carbonyl (C=O) groups is 3. The Hall–Kier alpha value is -3.39. The molecular weight excluding hydrogens is 408 g/mol. The van der Waals surface area contributed by atoms with E-state index in [9.17, 15) is 14.4 Å². The van der Waals surface area contributed by atoms with Gasteiger partial charge >= 0.3 is 0 Å². The number of ether oxygens (including phenoxy) is 1. The van der Waals surface area contributed by atoms with E-state index in [-0.39, 0.29) is 36.3 Å². The molecule has 1 saturated carbocycles. The van der Waals surface area contributed by atoms with Crippen LogP contribution in [0.1, 0.15) is 31.2 Å². The zero-order valence-electron chi connectivity index (χ0n) is 17.9. The average molecular weight is 437 g/mol. The highest BCUT2D eigenvalue weighted by atomic mass is 16.5. The Labute approximate surface area is 187 Å². The number of benzene rings is 2. The first kappa shape index (κ1) is 21.8. The zero-order chi connectivity index (χ0) is 22.5. The monoisotopic (exact) mass is 436 g/mol. The maximum atomic E-state index is 12.5. The second-order valence-corrected chi connectivity index (χ2v) is 8.32. The van der Waals surface area contributed by atoms with Crippen LogP contribution in [0.3, 0.4) is 0 Å². The van der Waals surface area contributed by atoms with Crippen LogP contribution in [0.4, 0.5) is 11.4 Å². The van der Waals surface area contributed by atoms with Crippen LogP contribution in [0.15, 0.2) is 48.5 Å². The van der Waals surface area contributed by atoms with E-state index in [0.717, 1.165) is 37.8 Å². The Morgan fingerprint density at radius 3 is 2.62 bits per heavy atom. The van der Waals surface area contributed by atoms with Gasteiger partial charge in [0.15, 0.2) is 6.61 Å². The molecule has 1 atom stereocenters. The summed E-state index contributed by atoms with van der Waals surface area (Å²) in [5.74, 6) is 0.0337. The number of para-hydroxylation sites is 1. The lowest BCUT2D eigenvalue weighted by molar-refractivity contribution is -0.122. The van der Waals surface area contributed by atoms with E-state index in [4.69, 9.17) is 10.5 Å². The fourth-order valence-corrected chi connectivity index (χ4v) is 3.93. The fraction of sp³-hybridized carbons (Fsp3) is 0.375. The summed E-state index contributed by atoms with van der Waals surface area (Å²) in [6, 6.07) is 14.3. The molecular formula is C24H28N4O4. The topological polar surface area (TPSA) is 114 Å². The van der Waals surface area contributed by atoms with Crippen molar-refractivity contribution in [3.63, 3.8) is 0 Å². The highest BCUT2D eigenvalue weighted by Gasteiger charge is 2.30. The molecule has 2 fully saturated rings. The van der Waals surface area contributed by atoms with Crippen LogP contribution >= 0.6 is 0 Å². The normalized spacial score (nSPS) is 18.2. The molecule has 2 aromatic rings. The minimum absolute atomic E-state index is 0.0214. The lowest BCUT2D eigenvalue weighted by Gasteiger charge is -2.23. The Morgan fingerprint density at radius 1 is 1.03 bits per heavy atom. The summed E-state index contributed by atoms with van der Waals surface area (Å²) in [4.78, 5) is 38.2. The van der Waals surface area contributed by atoms with E-state index in [1.165, 1.54) is 0 Å². The number of hydrogen-bond donors (Lipinski definition) is 3. The molecule has 4 N–H and O–H groups in total. The van der Waals surface area contributed by atoms with E-state index < -0.39 is 0 Å². The van der Waals surface area contributed by atoms with Crippen LogP contribution in [-0.2, 0) is 20.9 Å². The molecule has 0 bridgehead atoms. The standard InChI is InChI=1S/C24H28N4O4/c25-23(30)21-9-4-12-28(21)14-17-5-1-2-8-20(17)27-22(29)15-32-19-7-3-6-18(13-19)26-24(31)16-10-11-16/h1-3,5-8,13,16,21H,4,9-12,14-15H2,(H2,25,30)(H,26,31)(H,27,29). The number of anilines is 2. The van der Waals surface area contributed by atoms with Crippen molar-refractivity contribution in [2.45, 2.75) is 38.3 Å². The van der Waals surface area contributed by atoms with Crippen molar-refractivity contribution in [1.82, 2.24) is 4.90 Å². The van der Waals surface area contributed by atoms with Gasteiger partial charge in [0.05, 0.1) is 6.04 Å². The van der Waals surface area contributed by atoms with Crippen molar-refractivity contribution < 1.29 is 19.1 Å². The smallest absolute Gasteiger partial charge is 0.262 e. The molecule has 1 heterocycles. The van der Waals surface area contributed by atoms with Gasteiger partial charge in [0.25, 0.3) is 5.91 Å². The number of rotatable bonds is 9. The van der Waals surface area contributed by atoms with Gasteiger partial charge in [-0.3, -0.25) is 19.3 Å². The second-order valence-electron chi connectivity index (χ2n) is 8.32. The molecule has 32 heavy (non-hydrogen) atoms. The molecule has 8 nitrogen and oxygen atoms in total. The summed E-state index contributed by atoms with van der Waals surface area (Å²) in [5.41, 5.74) is 7.77. The predicted molar refractivity (Wildman–Crippen MR) is 121 cm³/mol. The van der Waals surface area contributed by atoms with Crippen molar-refractivity contribution in [3.05, 3.63) is 54.1 Å². The van der Waals surface area contributed by atoms with Gasteiger partial charge in [-0.2, -0.15) is 0 Å². The van der Waals surface area contributed by atoms with Gasteiger partial charge < -0.3 is 21.1 Å². The SMILES string of the molecule is NC(=O)C1CCCN1Cc1ccccc1NC(=O)COc1cccc(NC(=O)C2CC2)c1. The number of likely N-dealkylation sites (tertiary alicyclic amines) is 1.